The SMILES string of the molecule is CC(C)NC(=O)N1CCC(c2nnc3ccc(C(=O)NCc4ccccn4)cn23)C1. The molecular formula is C21H25N7O2. The summed E-state index contributed by atoms with van der Waals surface area (Å²) in [6.45, 7) is 5.49. The minimum atomic E-state index is -0.188. The van der Waals surface area contributed by atoms with E-state index in [1.807, 2.05) is 36.4 Å². The highest BCUT2D eigenvalue weighted by atomic mass is 16.2. The fourth-order valence-electron chi connectivity index (χ4n) is 3.59. The smallest absolute Gasteiger partial charge is 0.317 e. The van der Waals surface area contributed by atoms with Crippen LogP contribution in [0.15, 0.2) is 42.7 Å². The zero-order valence-corrected chi connectivity index (χ0v) is 17.1. The van der Waals surface area contributed by atoms with E-state index in [0.29, 0.717) is 30.8 Å². The topological polar surface area (TPSA) is 105 Å². The number of likely N-dealkylation sites (tertiary alicyclic amines) is 1. The Balaban J connectivity index is 1.48. The van der Waals surface area contributed by atoms with Gasteiger partial charge in [-0.25, -0.2) is 4.79 Å². The molecule has 0 aliphatic carbocycles. The number of nitrogens with zero attached hydrogens (tertiary/aromatic N) is 5. The summed E-state index contributed by atoms with van der Waals surface area (Å²) < 4.78 is 1.85. The summed E-state index contributed by atoms with van der Waals surface area (Å²) in [7, 11) is 0. The van der Waals surface area contributed by atoms with Crippen molar-refractivity contribution in [2.45, 2.75) is 38.8 Å². The van der Waals surface area contributed by atoms with E-state index in [1.165, 1.54) is 0 Å². The van der Waals surface area contributed by atoms with Gasteiger partial charge in [0.05, 0.1) is 17.8 Å². The van der Waals surface area contributed by atoms with Crippen LogP contribution in [-0.2, 0) is 6.54 Å². The Labute approximate surface area is 174 Å². The number of urea groups is 1. The second-order valence-electron chi connectivity index (χ2n) is 7.74. The van der Waals surface area contributed by atoms with Gasteiger partial charge in [-0.05, 0) is 44.5 Å². The van der Waals surface area contributed by atoms with Crippen LogP contribution in [0.2, 0.25) is 0 Å². The number of nitrogens with one attached hydrogen (secondary N) is 2. The van der Waals surface area contributed by atoms with Crippen molar-refractivity contribution in [1.82, 2.24) is 35.1 Å². The summed E-state index contributed by atoms with van der Waals surface area (Å²) in [4.78, 5) is 30.9. The first-order chi connectivity index (χ1) is 14.5. The minimum Gasteiger partial charge on any atom is -0.346 e. The first-order valence-electron chi connectivity index (χ1n) is 10.1. The molecule has 4 heterocycles. The Hall–Kier alpha value is -3.49. The third kappa shape index (κ3) is 4.24. The largest absolute Gasteiger partial charge is 0.346 e. The molecule has 4 rings (SSSR count). The fraction of sp³-hybridized carbons (Fsp3) is 0.381. The Morgan fingerprint density at radius 1 is 1.20 bits per heavy atom. The summed E-state index contributed by atoms with van der Waals surface area (Å²) in [5.41, 5.74) is 1.99. The zero-order chi connectivity index (χ0) is 21.1. The first kappa shape index (κ1) is 19.8. The third-order valence-corrected chi connectivity index (χ3v) is 5.10. The second-order valence-corrected chi connectivity index (χ2v) is 7.74. The van der Waals surface area contributed by atoms with Crippen molar-refractivity contribution in [1.29, 1.82) is 0 Å². The van der Waals surface area contributed by atoms with Gasteiger partial charge in [0.15, 0.2) is 5.65 Å². The quantitative estimate of drug-likeness (QED) is 0.673. The van der Waals surface area contributed by atoms with Crippen LogP contribution in [0.5, 0.6) is 0 Å². The molecule has 9 heteroatoms. The standard InChI is InChI=1S/C21H25N7O2/c1-14(2)24-21(30)27-10-8-15(12-27)19-26-25-18-7-6-16(13-28(18)19)20(29)23-11-17-5-3-4-9-22-17/h3-7,9,13-15H,8,10-12H2,1-2H3,(H,23,29)(H,24,30). The number of carbonyl (C=O) groups excluding carboxylic acids is 2. The van der Waals surface area contributed by atoms with Crippen molar-refractivity contribution in [2.24, 2.45) is 0 Å². The summed E-state index contributed by atoms with van der Waals surface area (Å²) in [6.07, 6.45) is 4.26. The van der Waals surface area contributed by atoms with Crippen molar-refractivity contribution >= 4 is 17.6 Å². The summed E-state index contributed by atoms with van der Waals surface area (Å²) in [5, 5.41) is 14.4. The van der Waals surface area contributed by atoms with Crippen LogP contribution in [0.1, 0.15) is 48.1 Å². The van der Waals surface area contributed by atoms with E-state index in [0.717, 1.165) is 17.9 Å². The van der Waals surface area contributed by atoms with E-state index in [1.54, 1.807) is 29.4 Å². The van der Waals surface area contributed by atoms with Gasteiger partial charge in [-0.1, -0.05) is 6.07 Å². The predicted octanol–water partition coefficient (Wildman–Crippen LogP) is 1.96. The van der Waals surface area contributed by atoms with Gasteiger partial charge in [0.2, 0.25) is 0 Å². The molecule has 0 bridgehead atoms. The molecule has 1 saturated heterocycles. The molecule has 0 spiro atoms. The zero-order valence-electron chi connectivity index (χ0n) is 17.1. The third-order valence-electron chi connectivity index (χ3n) is 5.10. The molecule has 1 unspecified atom stereocenters. The van der Waals surface area contributed by atoms with Gasteiger partial charge in [-0.3, -0.25) is 14.2 Å². The van der Waals surface area contributed by atoms with Crippen molar-refractivity contribution in [3.05, 3.63) is 59.8 Å². The van der Waals surface area contributed by atoms with E-state index in [9.17, 15) is 9.59 Å². The molecule has 156 valence electrons. The lowest BCUT2D eigenvalue weighted by atomic mass is 10.1. The molecule has 1 fully saturated rings. The van der Waals surface area contributed by atoms with Gasteiger partial charge in [0, 0.05) is 37.4 Å². The molecule has 3 aromatic rings. The maximum Gasteiger partial charge on any atom is 0.317 e. The summed E-state index contributed by atoms with van der Waals surface area (Å²) in [5.74, 6) is 0.653. The van der Waals surface area contributed by atoms with Crippen LogP contribution in [0.25, 0.3) is 5.65 Å². The van der Waals surface area contributed by atoms with Gasteiger partial charge in [0.25, 0.3) is 5.91 Å². The van der Waals surface area contributed by atoms with Crippen LogP contribution >= 0.6 is 0 Å². The lowest BCUT2D eigenvalue weighted by Gasteiger charge is -2.18. The van der Waals surface area contributed by atoms with Crippen LogP contribution in [0.4, 0.5) is 4.79 Å². The number of hydrogen-bond acceptors (Lipinski definition) is 5. The maximum atomic E-state index is 12.6. The first-order valence-corrected chi connectivity index (χ1v) is 10.1. The summed E-state index contributed by atoms with van der Waals surface area (Å²) in [6, 6.07) is 9.14. The average molecular weight is 407 g/mol. The highest BCUT2D eigenvalue weighted by molar-refractivity contribution is 5.94. The average Bonchev–Trinajstić information content (AvgIpc) is 3.38. The molecule has 30 heavy (non-hydrogen) atoms. The van der Waals surface area contributed by atoms with Gasteiger partial charge in [0.1, 0.15) is 5.82 Å². The number of rotatable bonds is 5. The minimum absolute atomic E-state index is 0.0593. The number of pyridine rings is 2. The van der Waals surface area contributed by atoms with Crippen molar-refractivity contribution in [2.75, 3.05) is 13.1 Å². The van der Waals surface area contributed by atoms with Gasteiger partial charge in [-0.2, -0.15) is 0 Å². The highest BCUT2D eigenvalue weighted by Crippen LogP contribution is 2.26. The van der Waals surface area contributed by atoms with Crippen LogP contribution < -0.4 is 10.6 Å². The van der Waals surface area contributed by atoms with E-state index >= 15 is 0 Å². The molecule has 9 nitrogen and oxygen atoms in total. The normalized spacial score (nSPS) is 16.2. The number of amides is 3. The molecule has 1 aliphatic rings. The Kier molecular flexibility index (Phi) is 5.60. The number of carbonyl (C=O) groups is 2. The predicted molar refractivity (Wildman–Crippen MR) is 111 cm³/mol. The Morgan fingerprint density at radius 2 is 2.07 bits per heavy atom. The molecule has 3 aromatic heterocycles. The van der Waals surface area contributed by atoms with Gasteiger partial charge < -0.3 is 15.5 Å². The van der Waals surface area contributed by atoms with Crippen molar-refractivity contribution < 1.29 is 9.59 Å². The molecule has 1 atom stereocenters. The molecular weight excluding hydrogens is 382 g/mol. The molecule has 0 radical (unpaired) electrons. The van der Waals surface area contributed by atoms with E-state index < -0.39 is 0 Å². The number of hydrogen-bond donors (Lipinski definition) is 2. The van der Waals surface area contributed by atoms with Gasteiger partial charge in [-0.15, -0.1) is 10.2 Å². The van der Waals surface area contributed by atoms with E-state index in [4.69, 9.17) is 0 Å². The lowest BCUT2D eigenvalue weighted by Crippen LogP contribution is -2.41. The van der Waals surface area contributed by atoms with Crippen molar-refractivity contribution in [3.8, 4) is 0 Å². The molecule has 3 amide bonds. The molecule has 2 N–H and O–H groups in total. The monoisotopic (exact) mass is 407 g/mol. The van der Waals surface area contributed by atoms with Crippen molar-refractivity contribution in [3.63, 3.8) is 0 Å². The summed E-state index contributed by atoms with van der Waals surface area (Å²) >= 11 is 0. The number of aromatic nitrogens is 4. The second kappa shape index (κ2) is 8.48. The van der Waals surface area contributed by atoms with E-state index in [-0.39, 0.29) is 23.9 Å². The maximum absolute atomic E-state index is 12.6. The molecule has 1 aliphatic heterocycles. The number of fused-ring (bicyclic) bond motifs is 1. The van der Waals surface area contributed by atoms with Crippen LogP contribution in [-0.4, -0.2) is 55.6 Å². The Bertz CT molecular complexity index is 1050. The Morgan fingerprint density at radius 3 is 2.83 bits per heavy atom. The molecule has 0 saturated carbocycles. The van der Waals surface area contributed by atoms with E-state index in [2.05, 4.69) is 25.8 Å². The van der Waals surface area contributed by atoms with Gasteiger partial charge >= 0.3 is 6.03 Å². The molecule has 0 aromatic carbocycles. The van der Waals surface area contributed by atoms with Crippen LogP contribution in [0.3, 0.4) is 0 Å². The fourth-order valence-corrected chi connectivity index (χ4v) is 3.59. The highest BCUT2D eigenvalue weighted by Gasteiger charge is 2.30. The van der Waals surface area contributed by atoms with Crippen LogP contribution in [0, 0.1) is 0 Å². The lowest BCUT2D eigenvalue weighted by molar-refractivity contribution is 0.0950.